The molecule has 0 radical (unpaired) electrons. The predicted octanol–water partition coefficient (Wildman–Crippen LogP) is -5.67. The van der Waals surface area contributed by atoms with Gasteiger partial charge in [0.2, 0.25) is 0 Å². The molecule has 0 aliphatic carbocycles. The zero-order valence-electron chi connectivity index (χ0n) is 35.8. The van der Waals surface area contributed by atoms with Crippen LogP contribution in [0.5, 0.6) is 0 Å². The minimum absolute atomic E-state index is 0. The van der Waals surface area contributed by atoms with E-state index in [9.17, 15) is 36.5 Å². The van der Waals surface area contributed by atoms with Crippen LogP contribution in [-0.2, 0) is 39.0 Å². The Morgan fingerprint density at radius 1 is 0.529 bits per heavy atom. The van der Waals surface area contributed by atoms with Gasteiger partial charge in [0.15, 0.2) is 0 Å². The van der Waals surface area contributed by atoms with Crippen molar-refractivity contribution in [2.24, 2.45) is 10.2 Å². The first-order chi connectivity index (χ1) is 30.9. The van der Waals surface area contributed by atoms with Gasteiger partial charge in [-0.1, -0.05) is 60.7 Å². The van der Waals surface area contributed by atoms with Gasteiger partial charge in [-0.2, -0.15) is 28.5 Å². The van der Waals surface area contributed by atoms with Crippen LogP contribution in [0.25, 0.3) is 67.1 Å². The van der Waals surface area contributed by atoms with Crippen LogP contribution in [0, 0.1) is 0 Å². The molecule has 0 bridgehead atoms. The normalized spacial score (nSPS) is 11.8. The van der Waals surface area contributed by atoms with Gasteiger partial charge in [0.1, 0.15) is 42.3 Å². The van der Waals surface area contributed by atoms with E-state index in [1.807, 2.05) is 24.3 Å². The molecule has 0 unspecified atom stereocenters. The summed E-state index contributed by atoms with van der Waals surface area (Å²) in [5.74, 6) is 0. The fraction of sp³-hybridized carbons (Fsp3) is 0. The van der Waals surface area contributed by atoms with E-state index in [1.54, 1.807) is 60.7 Å². The van der Waals surface area contributed by atoms with E-state index < -0.39 is 25.1 Å². The van der Waals surface area contributed by atoms with E-state index in [0.29, 0.717) is 77.3 Å². The summed E-state index contributed by atoms with van der Waals surface area (Å²) in [6.45, 7) is 0. The summed E-state index contributed by atoms with van der Waals surface area (Å²) >= 11 is 1.29. The molecule has 7 aromatic carbocycles. The smallest absolute Gasteiger partial charge is 0.744 e. The molecule has 0 spiro atoms. The van der Waals surface area contributed by atoms with Crippen LogP contribution in [0.4, 0.5) is 11.4 Å². The van der Waals surface area contributed by atoms with Gasteiger partial charge in [-0.05, 0) is 89.3 Å². The second-order valence-corrected chi connectivity index (χ2v) is 17.6. The Morgan fingerprint density at radius 3 is 1.81 bits per heavy atom. The van der Waals surface area contributed by atoms with Crippen molar-refractivity contribution in [3.8, 4) is 11.4 Å². The second kappa shape index (κ2) is 24.3. The maximum absolute atomic E-state index is 12.5. The first-order valence-electron chi connectivity index (χ1n) is 18.1. The fourth-order valence-electron chi connectivity index (χ4n) is 6.70. The van der Waals surface area contributed by atoms with Crippen LogP contribution in [0.1, 0.15) is 11.1 Å². The molecule has 0 fully saturated rings. The van der Waals surface area contributed by atoms with Crippen LogP contribution in [-0.4, -0.2) is 55.9 Å². The molecule has 20 nitrogen and oxygen atoms in total. The molecular weight excluding hydrogens is 1000 g/mol. The molecular formula is C40H22N8Na4O12S4. The van der Waals surface area contributed by atoms with E-state index in [-0.39, 0.29) is 134 Å². The molecule has 9 rings (SSSR count). The van der Waals surface area contributed by atoms with Gasteiger partial charge in [-0.25, -0.2) is 16.8 Å². The summed E-state index contributed by atoms with van der Waals surface area (Å²) in [5, 5.41) is 57.6. The van der Waals surface area contributed by atoms with Crippen molar-refractivity contribution in [2.75, 3.05) is 0 Å². The number of rotatable bonds is 14. The number of benzene rings is 7. The Labute approximate surface area is 482 Å². The van der Waals surface area contributed by atoms with Crippen molar-refractivity contribution < 1.29 is 173 Å². The monoisotopic (exact) mass is 1030 g/mol. The molecule has 28 heteroatoms. The molecule has 0 saturated carbocycles. The van der Waals surface area contributed by atoms with Crippen LogP contribution in [0.2, 0.25) is 0 Å². The van der Waals surface area contributed by atoms with E-state index in [0.717, 1.165) is 28.9 Å². The van der Waals surface area contributed by atoms with Gasteiger partial charge in [-0.15, -0.1) is 20.4 Å². The van der Waals surface area contributed by atoms with Gasteiger partial charge in [-0.3, -0.25) is 10.1 Å². The molecule has 9 aromatic rings. The number of hydrogen-bond donors (Lipinski definition) is 0. The third-order valence-electron chi connectivity index (χ3n) is 9.58. The van der Waals surface area contributed by atoms with E-state index in [1.165, 1.54) is 52.1 Å². The van der Waals surface area contributed by atoms with Crippen LogP contribution >= 0.6 is 24.1 Å². The number of aromatic nitrogens is 6. The topological polar surface area (TPSA) is 284 Å². The third kappa shape index (κ3) is 12.6. The quantitative estimate of drug-likeness (QED) is 0.0187. The average Bonchev–Trinajstić information content (AvgIpc) is 3.94. The standard InChI is InChI=1S/C40H26N8O12S4.4Na/c49-57-59-61-36-21-29(48-44-35-22-37(62-60-58-50)32-3-1-2-4-33(32)40(35)46-48)13-8-23(36)5-6-24-7-10-27(20-38(24)64(54,55)56)42-41-26-11-14-28(15-12-26)47-43-34-18-9-25-19-30(63(51,52)53)16-17-31(25)39(34)45-47;;;;/h1-22,49-50H,(H,51,52,53)(H,54,55,56);;;;/q;4*+1/p-4. The SMILES string of the molecule is O=S(=O)([O-])c1ccc2c(ccc3nn(-c4ccc(N=Nc5ccc(C=Cc6ccc(-n7nc8cc(SOO[O-])c9ccccc9c8n7)cc6SOO[O-])c(S(=O)(=O)[O-])c5)cc4)nc32)c1.[Na+].[Na+].[Na+].[Na+]. The minimum atomic E-state index is -5.02. The summed E-state index contributed by atoms with van der Waals surface area (Å²) < 4.78 is 81.0. The summed E-state index contributed by atoms with van der Waals surface area (Å²) in [5.41, 5.74) is 3.93. The minimum Gasteiger partial charge on any atom is -0.744 e. The van der Waals surface area contributed by atoms with E-state index >= 15 is 0 Å². The van der Waals surface area contributed by atoms with Crippen LogP contribution in [0.3, 0.4) is 0 Å². The maximum Gasteiger partial charge on any atom is 1.00 e. The second-order valence-electron chi connectivity index (χ2n) is 13.4. The van der Waals surface area contributed by atoms with Gasteiger partial charge in [0.05, 0.1) is 56.6 Å². The average molecular weight is 1030 g/mol. The fourth-order valence-corrected chi connectivity index (χ4v) is 8.93. The molecule has 0 N–H and O–H groups in total. The summed E-state index contributed by atoms with van der Waals surface area (Å²) in [6.07, 6.45) is 2.90. The molecule has 0 amide bonds. The maximum atomic E-state index is 12.5. The van der Waals surface area contributed by atoms with Crippen molar-refractivity contribution in [3.63, 3.8) is 0 Å². The van der Waals surface area contributed by atoms with Crippen molar-refractivity contribution in [1.29, 1.82) is 0 Å². The largest absolute Gasteiger partial charge is 1.00 e. The first-order valence-corrected chi connectivity index (χ1v) is 22.4. The molecule has 2 aromatic heterocycles. The van der Waals surface area contributed by atoms with Gasteiger partial charge in [0, 0.05) is 25.9 Å². The third-order valence-corrected chi connectivity index (χ3v) is 12.6. The number of azo groups is 1. The molecule has 2 heterocycles. The van der Waals surface area contributed by atoms with Gasteiger partial charge >= 0.3 is 118 Å². The first kappa shape index (κ1) is 56.4. The summed E-state index contributed by atoms with van der Waals surface area (Å²) in [7, 11) is -9.66. The van der Waals surface area contributed by atoms with Crippen LogP contribution < -0.4 is 129 Å². The van der Waals surface area contributed by atoms with E-state index in [4.69, 9.17) is 0 Å². The molecule has 0 aliphatic heterocycles. The van der Waals surface area contributed by atoms with Crippen molar-refractivity contribution in [3.05, 3.63) is 132 Å². The molecule has 0 atom stereocenters. The number of hydrogen-bond acceptors (Lipinski definition) is 20. The van der Waals surface area contributed by atoms with Gasteiger partial charge in [0.25, 0.3) is 0 Å². The predicted molar refractivity (Wildman–Crippen MR) is 224 cm³/mol. The molecule has 68 heavy (non-hydrogen) atoms. The Balaban J connectivity index is 0.00000216. The van der Waals surface area contributed by atoms with Crippen LogP contribution in [0.15, 0.2) is 151 Å². The Bertz CT molecular complexity index is 3590. The Kier molecular flexibility index (Phi) is 20.1. The zero-order valence-corrected chi connectivity index (χ0v) is 47.1. The van der Waals surface area contributed by atoms with E-state index in [2.05, 4.69) is 49.4 Å². The summed E-state index contributed by atoms with van der Waals surface area (Å²) in [6, 6.07) is 31.7. The van der Waals surface area contributed by atoms with Crippen molar-refractivity contribution in [2.45, 2.75) is 19.6 Å². The Morgan fingerprint density at radius 2 is 1.12 bits per heavy atom. The Hall–Kier alpha value is -2.52. The molecule has 0 aliphatic rings. The summed E-state index contributed by atoms with van der Waals surface area (Å²) in [4.78, 5) is 2.70. The zero-order chi connectivity index (χ0) is 44.6. The van der Waals surface area contributed by atoms with Crippen molar-refractivity contribution >= 4 is 111 Å². The number of fused-ring (bicyclic) bond motifs is 6. The van der Waals surface area contributed by atoms with Crippen molar-refractivity contribution in [1.82, 2.24) is 30.0 Å². The molecule has 322 valence electrons. The number of nitrogens with zero attached hydrogens (tertiary/aromatic N) is 8. The van der Waals surface area contributed by atoms with Gasteiger partial charge < -0.3 is 19.6 Å². The molecule has 0 saturated heterocycles.